The van der Waals surface area contributed by atoms with Gasteiger partial charge in [-0.3, -0.25) is 9.59 Å². The number of nitrogens with two attached hydrogens (primary N) is 1. The lowest BCUT2D eigenvalue weighted by molar-refractivity contribution is -0.144. The van der Waals surface area contributed by atoms with Gasteiger partial charge in [-0.1, -0.05) is 20.3 Å². The van der Waals surface area contributed by atoms with Crippen LogP contribution in [0.5, 0.6) is 0 Å². The molecular weight excluding hydrogens is 342 g/mol. The maximum atomic E-state index is 12.4. The molecule has 1 fully saturated rings. The Morgan fingerprint density at radius 2 is 1.92 bits per heavy atom. The summed E-state index contributed by atoms with van der Waals surface area (Å²) in [6.07, 6.45) is 4.39. The van der Waals surface area contributed by atoms with Crippen molar-refractivity contribution < 1.29 is 19.5 Å². The summed E-state index contributed by atoms with van der Waals surface area (Å²) >= 11 is 1.66. The fourth-order valence-electron chi connectivity index (χ4n) is 2.92. The molecule has 1 unspecified atom stereocenters. The van der Waals surface area contributed by atoms with E-state index in [1.165, 1.54) is 0 Å². The summed E-state index contributed by atoms with van der Waals surface area (Å²) < 4.78 is 0. The molecule has 0 radical (unpaired) electrons. The Morgan fingerprint density at radius 1 is 1.32 bits per heavy atom. The predicted molar refractivity (Wildman–Crippen MR) is 99.3 cm³/mol. The zero-order valence-corrected chi connectivity index (χ0v) is 16.2. The molecule has 8 heteroatoms. The molecule has 1 heterocycles. The van der Waals surface area contributed by atoms with Crippen LogP contribution in [0.3, 0.4) is 0 Å². The number of carboxylic acids is 1. The van der Waals surface area contributed by atoms with Crippen molar-refractivity contribution in [2.45, 2.75) is 51.6 Å². The minimum atomic E-state index is -1.00. The molecule has 0 aromatic heterocycles. The quantitative estimate of drug-likeness (QED) is 0.554. The van der Waals surface area contributed by atoms with Crippen molar-refractivity contribution in [2.75, 3.05) is 25.1 Å². The molecule has 0 aliphatic carbocycles. The normalized spacial score (nSPS) is 19.1. The lowest BCUT2D eigenvalue weighted by Gasteiger charge is -2.33. The second-order valence-corrected chi connectivity index (χ2v) is 7.68. The fraction of sp³-hybridized carbons (Fsp3) is 0.824. The molecule has 1 aliphatic rings. The van der Waals surface area contributed by atoms with E-state index in [0.29, 0.717) is 38.8 Å². The summed E-state index contributed by atoms with van der Waals surface area (Å²) in [5.74, 6) is -0.828. The Hall–Kier alpha value is -1.28. The van der Waals surface area contributed by atoms with E-state index in [2.05, 4.69) is 5.32 Å². The van der Waals surface area contributed by atoms with E-state index in [-0.39, 0.29) is 23.7 Å². The van der Waals surface area contributed by atoms with E-state index in [4.69, 9.17) is 5.73 Å². The van der Waals surface area contributed by atoms with Crippen LogP contribution in [0.25, 0.3) is 0 Å². The predicted octanol–water partition coefficient (Wildman–Crippen LogP) is 0.921. The summed E-state index contributed by atoms with van der Waals surface area (Å²) in [5.41, 5.74) is 5.93. The van der Waals surface area contributed by atoms with Gasteiger partial charge >= 0.3 is 5.97 Å². The van der Waals surface area contributed by atoms with E-state index in [1.54, 1.807) is 16.7 Å². The van der Waals surface area contributed by atoms with Crippen molar-refractivity contribution in [3.8, 4) is 0 Å². The van der Waals surface area contributed by atoms with Crippen LogP contribution in [0.4, 0.5) is 0 Å². The Balaban J connectivity index is 2.51. The Bertz CT molecular complexity index is 467. The Kier molecular flexibility index (Phi) is 9.27. The topological polar surface area (TPSA) is 113 Å². The van der Waals surface area contributed by atoms with Crippen LogP contribution in [0.1, 0.15) is 39.5 Å². The van der Waals surface area contributed by atoms with Gasteiger partial charge in [-0.15, -0.1) is 0 Å². The number of aliphatic carboxylic acids is 1. The van der Waals surface area contributed by atoms with Gasteiger partial charge in [0.15, 0.2) is 0 Å². The van der Waals surface area contributed by atoms with E-state index >= 15 is 0 Å². The molecule has 4 N–H and O–H groups in total. The third-order valence-electron chi connectivity index (χ3n) is 4.90. The molecule has 1 aliphatic heterocycles. The third kappa shape index (κ3) is 6.51. The fourth-order valence-corrected chi connectivity index (χ4v) is 3.41. The van der Waals surface area contributed by atoms with E-state index in [1.807, 2.05) is 20.1 Å². The summed E-state index contributed by atoms with van der Waals surface area (Å²) in [5, 5.41) is 11.9. The molecule has 3 atom stereocenters. The van der Waals surface area contributed by atoms with Gasteiger partial charge in [0, 0.05) is 19.0 Å². The molecule has 1 saturated heterocycles. The number of rotatable bonds is 9. The number of carbonyl (C=O) groups excluding carboxylic acids is 2. The SMILES string of the molecule is CCC(C)[C@H](NC(=O)C1CCN(C(=O)[C@@H](N)CCSC)CC1)C(=O)O. The molecule has 0 saturated carbocycles. The molecule has 0 aromatic rings. The highest BCUT2D eigenvalue weighted by molar-refractivity contribution is 7.98. The zero-order chi connectivity index (χ0) is 19.0. The van der Waals surface area contributed by atoms with Gasteiger partial charge in [0.1, 0.15) is 6.04 Å². The first-order valence-electron chi connectivity index (χ1n) is 8.88. The average molecular weight is 374 g/mol. The van der Waals surface area contributed by atoms with Crippen LogP contribution in [0, 0.1) is 11.8 Å². The first kappa shape index (κ1) is 21.8. The first-order valence-corrected chi connectivity index (χ1v) is 10.3. The highest BCUT2D eigenvalue weighted by atomic mass is 32.2. The first-order chi connectivity index (χ1) is 11.8. The lowest BCUT2D eigenvalue weighted by Crippen LogP contribution is -2.51. The smallest absolute Gasteiger partial charge is 0.326 e. The molecule has 0 bridgehead atoms. The van der Waals surface area contributed by atoms with Crippen LogP contribution in [0.15, 0.2) is 0 Å². The second kappa shape index (κ2) is 10.7. The average Bonchev–Trinajstić information content (AvgIpc) is 2.62. The van der Waals surface area contributed by atoms with Crippen molar-refractivity contribution in [3.05, 3.63) is 0 Å². The van der Waals surface area contributed by atoms with Crippen molar-refractivity contribution >= 4 is 29.5 Å². The molecule has 0 aromatic carbocycles. The number of carboxylic acid groups (broad SMARTS) is 1. The number of amides is 2. The summed E-state index contributed by atoms with van der Waals surface area (Å²) in [6.45, 7) is 4.70. The standard InChI is InChI=1S/C17H31N3O4S/c1-4-11(2)14(17(23)24)19-15(21)12-5-8-20(9-6-12)16(22)13(18)7-10-25-3/h11-14H,4-10,18H2,1-3H3,(H,19,21)(H,23,24)/t11?,13-,14-/m0/s1. The number of nitrogens with zero attached hydrogens (tertiary/aromatic N) is 1. The molecule has 7 nitrogen and oxygen atoms in total. The van der Waals surface area contributed by atoms with Crippen molar-refractivity contribution in [3.63, 3.8) is 0 Å². The molecule has 1 rings (SSSR count). The van der Waals surface area contributed by atoms with Gasteiger partial charge in [-0.2, -0.15) is 11.8 Å². The van der Waals surface area contributed by atoms with E-state index in [9.17, 15) is 19.5 Å². The van der Waals surface area contributed by atoms with Crippen molar-refractivity contribution in [1.29, 1.82) is 0 Å². The minimum absolute atomic E-state index is 0.0593. The van der Waals surface area contributed by atoms with Gasteiger partial charge in [0.05, 0.1) is 6.04 Å². The highest BCUT2D eigenvalue weighted by Gasteiger charge is 2.32. The largest absolute Gasteiger partial charge is 0.480 e. The maximum Gasteiger partial charge on any atom is 0.326 e. The van der Waals surface area contributed by atoms with E-state index < -0.39 is 18.1 Å². The number of hydrogen-bond donors (Lipinski definition) is 3. The van der Waals surface area contributed by atoms with Crippen molar-refractivity contribution in [1.82, 2.24) is 10.2 Å². The number of thioether (sulfide) groups is 1. The summed E-state index contributed by atoms with van der Waals surface area (Å²) in [7, 11) is 0. The third-order valence-corrected chi connectivity index (χ3v) is 5.55. The number of carbonyl (C=O) groups is 3. The van der Waals surface area contributed by atoms with Gasteiger partial charge in [0.2, 0.25) is 11.8 Å². The van der Waals surface area contributed by atoms with Crippen LogP contribution in [-0.2, 0) is 14.4 Å². The Morgan fingerprint density at radius 3 is 2.40 bits per heavy atom. The summed E-state index contributed by atoms with van der Waals surface area (Å²) in [6, 6.07) is -1.35. The molecule has 0 spiro atoms. The highest BCUT2D eigenvalue weighted by Crippen LogP contribution is 2.19. The number of likely N-dealkylation sites (tertiary alicyclic amines) is 1. The monoisotopic (exact) mass is 373 g/mol. The molecule has 25 heavy (non-hydrogen) atoms. The molecule has 2 amide bonds. The van der Waals surface area contributed by atoms with Crippen molar-refractivity contribution in [2.24, 2.45) is 17.6 Å². The van der Waals surface area contributed by atoms with Gasteiger partial charge in [0.25, 0.3) is 0 Å². The Labute approximate surface area is 154 Å². The zero-order valence-electron chi connectivity index (χ0n) is 15.4. The molecule has 144 valence electrons. The van der Waals surface area contributed by atoms with Gasteiger partial charge in [-0.05, 0) is 37.2 Å². The van der Waals surface area contributed by atoms with Crippen LogP contribution >= 0.6 is 11.8 Å². The van der Waals surface area contributed by atoms with Crippen LogP contribution in [0.2, 0.25) is 0 Å². The van der Waals surface area contributed by atoms with E-state index in [0.717, 1.165) is 5.75 Å². The maximum absolute atomic E-state index is 12.4. The minimum Gasteiger partial charge on any atom is -0.480 e. The number of nitrogens with one attached hydrogen (secondary N) is 1. The number of hydrogen-bond acceptors (Lipinski definition) is 5. The summed E-state index contributed by atoms with van der Waals surface area (Å²) in [4.78, 5) is 37.7. The van der Waals surface area contributed by atoms with Gasteiger partial charge in [-0.25, -0.2) is 4.79 Å². The van der Waals surface area contributed by atoms with Crippen LogP contribution in [-0.4, -0.2) is 65.0 Å². The van der Waals surface area contributed by atoms with Gasteiger partial charge < -0.3 is 21.1 Å². The lowest BCUT2D eigenvalue weighted by atomic mass is 9.93. The number of piperidine rings is 1. The second-order valence-electron chi connectivity index (χ2n) is 6.70. The van der Waals surface area contributed by atoms with Crippen LogP contribution < -0.4 is 11.1 Å². The molecular formula is C17H31N3O4S.